The third-order valence-corrected chi connectivity index (χ3v) is 4.93. The zero-order chi connectivity index (χ0) is 20.5. The van der Waals surface area contributed by atoms with Crippen LogP contribution in [0.15, 0.2) is 36.5 Å². The Kier molecular flexibility index (Phi) is 4.96. The van der Waals surface area contributed by atoms with Crippen LogP contribution >= 0.6 is 0 Å². The minimum Gasteiger partial charge on any atom is -0.488 e. The molecule has 7 nitrogen and oxygen atoms in total. The largest absolute Gasteiger partial charge is 0.488 e. The number of benzene rings is 1. The Labute approximate surface area is 164 Å². The number of carbonyl (C=O) groups is 3. The summed E-state index contributed by atoms with van der Waals surface area (Å²) in [5.74, 6) is -0.786. The maximum atomic E-state index is 12.7. The lowest BCUT2D eigenvalue weighted by Gasteiger charge is -2.29. The number of rotatable bonds is 5. The molecule has 3 heterocycles. The molecule has 0 spiro atoms. The fourth-order valence-corrected chi connectivity index (χ4v) is 3.55. The van der Waals surface area contributed by atoms with Crippen molar-refractivity contribution < 1.29 is 27.9 Å². The lowest BCUT2D eigenvalue weighted by atomic mass is 10.0. The maximum Gasteiger partial charge on any atom is 0.272 e. The second-order valence-corrected chi connectivity index (χ2v) is 6.85. The van der Waals surface area contributed by atoms with Crippen LogP contribution in [0.25, 0.3) is 11.3 Å². The summed E-state index contributed by atoms with van der Waals surface area (Å²) in [5.41, 5.74) is 2.44. The average molecular weight is 401 g/mol. The molecule has 2 aromatic rings. The van der Waals surface area contributed by atoms with Gasteiger partial charge in [-0.15, -0.1) is 0 Å². The molecule has 3 amide bonds. The van der Waals surface area contributed by atoms with E-state index in [1.165, 1.54) is 17.2 Å². The van der Waals surface area contributed by atoms with Crippen LogP contribution in [-0.2, 0) is 16.1 Å². The Bertz CT molecular complexity index is 995. The summed E-state index contributed by atoms with van der Waals surface area (Å²) in [6.45, 7) is -0.459. The third-order valence-electron chi connectivity index (χ3n) is 4.93. The molecule has 2 aliphatic rings. The topological polar surface area (TPSA) is 88.6 Å². The highest BCUT2D eigenvalue weighted by Gasteiger charge is 2.39. The molecule has 0 aliphatic carbocycles. The van der Waals surface area contributed by atoms with Crippen LogP contribution in [0.3, 0.4) is 0 Å². The van der Waals surface area contributed by atoms with Crippen LogP contribution in [0.2, 0.25) is 0 Å². The van der Waals surface area contributed by atoms with Crippen molar-refractivity contribution in [2.24, 2.45) is 0 Å². The molecule has 1 atom stereocenters. The van der Waals surface area contributed by atoms with Gasteiger partial charge in [0, 0.05) is 36.4 Å². The van der Waals surface area contributed by atoms with Crippen molar-refractivity contribution in [3.8, 4) is 17.0 Å². The quantitative estimate of drug-likeness (QED) is 0.776. The Morgan fingerprint density at radius 3 is 2.79 bits per heavy atom. The Morgan fingerprint density at radius 2 is 2.03 bits per heavy atom. The molecule has 1 aromatic carbocycles. The summed E-state index contributed by atoms with van der Waals surface area (Å²) in [6, 6.07) is 7.53. The standard InChI is InChI=1S/C20H17F2N3O4/c21-17(22)10-29-13-5-6-23-15(8-13)11-1-2-14-12(7-11)9-25(20(14)28)16-3-4-18(26)24-19(16)27/h1-2,5-8,16-17H,3-4,9-10H2,(H,24,26,27). The fourth-order valence-electron chi connectivity index (χ4n) is 3.55. The van der Waals surface area contributed by atoms with E-state index in [0.717, 1.165) is 5.56 Å². The van der Waals surface area contributed by atoms with Gasteiger partial charge in [-0.25, -0.2) is 8.78 Å². The van der Waals surface area contributed by atoms with Gasteiger partial charge in [-0.2, -0.15) is 0 Å². The van der Waals surface area contributed by atoms with Crippen molar-refractivity contribution >= 4 is 17.7 Å². The van der Waals surface area contributed by atoms with E-state index in [-0.39, 0.29) is 30.5 Å². The van der Waals surface area contributed by atoms with Crippen LogP contribution in [-0.4, -0.2) is 46.7 Å². The molecule has 2 aliphatic heterocycles. The van der Waals surface area contributed by atoms with E-state index < -0.39 is 25.0 Å². The molecule has 9 heteroatoms. The first kappa shape index (κ1) is 19.0. The molecule has 0 bridgehead atoms. The molecule has 1 fully saturated rings. The van der Waals surface area contributed by atoms with Gasteiger partial charge in [0.15, 0.2) is 0 Å². The number of piperidine rings is 1. The summed E-state index contributed by atoms with van der Waals surface area (Å²) < 4.78 is 29.7. The smallest absolute Gasteiger partial charge is 0.272 e. The first-order chi connectivity index (χ1) is 13.9. The lowest BCUT2D eigenvalue weighted by molar-refractivity contribution is -0.136. The van der Waals surface area contributed by atoms with Crippen molar-refractivity contribution in [3.05, 3.63) is 47.7 Å². The minimum absolute atomic E-state index is 0.192. The molecule has 0 radical (unpaired) electrons. The van der Waals surface area contributed by atoms with Gasteiger partial charge in [0.05, 0.1) is 5.69 Å². The van der Waals surface area contributed by atoms with E-state index in [0.29, 0.717) is 23.2 Å². The first-order valence-electron chi connectivity index (χ1n) is 9.07. The zero-order valence-electron chi connectivity index (χ0n) is 15.2. The second-order valence-electron chi connectivity index (χ2n) is 6.85. The van der Waals surface area contributed by atoms with E-state index in [1.54, 1.807) is 24.3 Å². The number of carbonyl (C=O) groups excluding carboxylic acids is 3. The lowest BCUT2D eigenvalue weighted by Crippen LogP contribution is -2.52. The fraction of sp³-hybridized carbons (Fsp3) is 0.300. The number of amides is 3. The summed E-state index contributed by atoms with van der Waals surface area (Å²) in [4.78, 5) is 41.9. The van der Waals surface area contributed by atoms with Crippen LogP contribution < -0.4 is 10.1 Å². The van der Waals surface area contributed by atoms with Gasteiger partial charge in [0.25, 0.3) is 12.3 Å². The predicted molar refractivity (Wildman–Crippen MR) is 97.2 cm³/mol. The van der Waals surface area contributed by atoms with E-state index in [2.05, 4.69) is 10.3 Å². The van der Waals surface area contributed by atoms with E-state index in [4.69, 9.17) is 4.74 Å². The van der Waals surface area contributed by atoms with E-state index in [9.17, 15) is 23.2 Å². The zero-order valence-corrected chi connectivity index (χ0v) is 15.2. The number of alkyl halides is 2. The summed E-state index contributed by atoms with van der Waals surface area (Å²) in [7, 11) is 0. The molecular weight excluding hydrogens is 384 g/mol. The van der Waals surface area contributed by atoms with Crippen LogP contribution in [0.5, 0.6) is 5.75 Å². The van der Waals surface area contributed by atoms with Crippen molar-refractivity contribution in [2.45, 2.75) is 31.9 Å². The molecule has 1 N–H and O–H groups in total. The summed E-state index contributed by atoms with van der Waals surface area (Å²) >= 11 is 0. The molecular formula is C20H17F2N3O4. The molecule has 4 rings (SSSR count). The van der Waals surface area contributed by atoms with E-state index >= 15 is 0 Å². The molecule has 1 saturated heterocycles. The van der Waals surface area contributed by atoms with Crippen LogP contribution in [0.4, 0.5) is 8.78 Å². The highest BCUT2D eigenvalue weighted by molar-refractivity contribution is 6.05. The monoisotopic (exact) mass is 401 g/mol. The Hall–Kier alpha value is -3.36. The van der Waals surface area contributed by atoms with Gasteiger partial charge in [0.1, 0.15) is 18.4 Å². The van der Waals surface area contributed by atoms with Crippen LogP contribution in [0, 0.1) is 0 Å². The predicted octanol–water partition coefficient (Wildman–Crippen LogP) is 2.15. The number of ether oxygens (including phenoxy) is 1. The summed E-state index contributed by atoms with van der Waals surface area (Å²) in [5, 5.41) is 2.27. The van der Waals surface area contributed by atoms with Gasteiger partial charge in [-0.05, 0) is 30.2 Å². The SMILES string of the molecule is O=C1CCC(N2Cc3cc(-c4cc(OCC(F)F)ccn4)ccc3C2=O)C(=O)N1. The molecule has 29 heavy (non-hydrogen) atoms. The van der Waals surface area contributed by atoms with Gasteiger partial charge in [-0.3, -0.25) is 24.7 Å². The second kappa shape index (κ2) is 7.57. The summed E-state index contributed by atoms with van der Waals surface area (Å²) in [6.07, 6.45) is -0.625. The molecule has 1 unspecified atom stereocenters. The molecule has 1 aromatic heterocycles. The number of halogens is 2. The number of pyridine rings is 1. The number of fused-ring (bicyclic) bond motifs is 1. The number of nitrogens with zero attached hydrogens (tertiary/aromatic N) is 2. The third kappa shape index (κ3) is 3.80. The van der Waals surface area contributed by atoms with Crippen molar-refractivity contribution in [1.29, 1.82) is 0 Å². The van der Waals surface area contributed by atoms with Crippen molar-refractivity contribution in [3.63, 3.8) is 0 Å². The highest BCUT2D eigenvalue weighted by atomic mass is 19.3. The number of aromatic nitrogens is 1. The van der Waals surface area contributed by atoms with Gasteiger partial charge in [0.2, 0.25) is 11.8 Å². The first-order valence-corrected chi connectivity index (χ1v) is 9.07. The number of imide groups is 1. The molecule has 0 saturated carbocycles. The number of hydrogen-bond donors (Lipinski definition) is 1. The van der Waals surface area contributed by atoms with Gasteiger partial charge < -0.3 is 9.64 Å². The number of nitrogens with one attached hydrogen (secondary N) is 1. The highest BCUT2D eigenvalue weighted by Crippen LogP contribution is 2.31. The van der Waals surface area contributed by atoms with Crippen LogP contribution in [0.1, 0.15) is 28.8 Å². The van der Waals surface area contributed by atoms with Gasteiger partial charge in [-0.1, -0.05) is 6.07 Å². The normalized spacial score (nSPS) is 18.8. The van der Waals surface area contributed by atoms with Crippen molar-refractivity contribution in [2.75, 3.05) is 6.61 Å². The maximum absolute atomic E-state index is 12.7. The van der Waals surface area contributed by atoms with E-state index in [1.807, 2.05) is 0 Å². The Balaban J connectivity index is 1.56. The molecule has 150 valence electrons. The average Bonchev–Trinajstić information content (AvgIpc) is 3.02. The van der Waals surface area contributed by atoms with Crippen molar-refractivity contribution in [1.82, 2.24) is 15.2 Å². The minimum atomic E-state index is -2.57. The van der Waals surface area contributed by atoms with Gasteiger partial charge >= 0.3 is 0 Å². The number of hydrogen-bond acceptors (Lipinski definition) is 5. The Morgan fingerprint density at radius 1 is 1.21 bits per heavy atom.